The lowest BCUT2D eigenvalue weighted by Crippen LogP contribution is -2.44. The molecule has 0 unspecified atom stereocenters. The quantitative estimate of drug-likeness (QED) is 0.917. The number of carbonyl (C=O) groups is 1. The first-order chi connectivity index (χ1) is 9.52. The van der Waals surface area contributed by atoms with E-state index in [4.69, 9.17) is 0 Å². The highest BCUT2D eigenvalue weighted by Crippen LogP contribution is 2.20. The molecule has 1 aromatic carbocycles. The van der Waals surface area contributed by atoms with Crippen LogP contribution in [0.15, 0.2) is 24.3 Å². The lowest BCUT2D eigenvalue weighted by atomic mass is 9.92. The Morgan fingerprint density at radius 3 is 2.45 bits per heavy atom. The van der Waals surface area contributed by atoms with Gasteiger partial charge in [0.1, 0.15) is 5.82 Å². The van der Waals surface area contributed by atoms with Crippen molar-refractivity contribution in [1.82, 2.24) is 10.2 Å². The fraction of sp³-hybridized carbons (Fsp3) is 0.562. The van der Waals surface area contributed by atoms with Gasteiger partial charge in [-0.25, -0.2) is 4.39 Å². The number of hydrogen-bond acceptors (Lipinski definition) is 2. The Labute approximate surface area is 120 Å². The molecule has 110 valence electrons. The molecule has 20 heavy (non-hydrogen) atoms. The third kappa shape index (κ3) is 4.60. The number of nitrogens with zero attached hydrogens (tertiary/aromatic N) is 1. The molecule has 0 radical (unpaired) electrons. The Morgan fingerprint density at radius 2 is 1.85 bits per heavy atom. The van der Waals surface area contributed by atoms with Gasteiger partial charge in [0.15, 0.2) is 0 Å². The molecule has 1 heterocycles. The molecular weight excluding hydrogens is 255 g/mol. The van der Waals surface area contributed by atoms with Gasteiger partial charge >= 0.3 is 0 Å². The molecule has 1 amide bonds. The van der Waals surface area contributed by atoms with Crippen LogP contribution in [0.1, 0.15) is 25.8 Å². The summed E-state index contributed by atoms with van der Waals surface area (Å²) in [4.78, 5) is 14.2. The zero-order chi connectivity index (χ0) is 14.5. The van der Waals surface area contributed by atoms with E-state index in [1.165, 1.54) is 18.6 Å². The average molecular weight is 278 g/mol. The Kier molecular flexibility index (Phi) is 5.12. The molecule has 3 nitrogen and oxygen atoms in total. The second-order valence-corrected chi connectivity index (χ2v) is 6.04. The van der Waals surface area contributed by atoms with E-state index >= 15 is 0 Å². The van der Waals surface area contributed by atoms with Crippen molar-refractivity contribution in [2.45, 2.75) is 26.8 Å². The van der Waals surface area contributed by atoms with Gasteiger partial charge in [-0.15, -0.1) is 0 Å². The third-order valence-corrected chi connectivity index (χ3v) is 3.71. The van der Waals surface area contributed by atoms with Crippen LogP contribution in [0.3, 0.4) is 0 Å². The molecule has 1 fully saturated rings. The predicted octanol–water partition coefficient (Wildman–Crippen LogP) is 2.42. The number of carbonyl (C=O) groups excluding carboxylic acids is 1. The third-order valence-electron chi connectivity index (χ3n) is 3.71. The Bertz CT molecular complexity index is 436. The number of amides is 1. The molecule has 1 saturated heterocycles. The normalized spacial score (nSPS) is 23.6. The van der Waals surface area contributed by atoms with Crippen LogP contribution in [-0.2, 0) is 11.3 Å². The first kappa shape index (κ1) is 15.0. The highest BCUT2D eigenvalue weighted by atomic mass is 19.1. The van der Waals surface area contributed by atoms with Crippen molar-refractivity contribution in [3.63, 3.8) is 0 Å². The summed E-state index contributed by atoms with van der Waals surface area (Å²) in [5.41, 5.74) is 0.917. The minimum absolute atomic E-state index is 0.0376. The van der Waals surface area contributed by atoms with Gasteiger partial charge in [0.05, 0.1) is 6.54 Å². The van der Waals surface area contributed by atoms with Crippen molar-refractivity contribution in [2.75, 3.05) is 19.6 Å². The minimum Gasteiger partial charge on any atom is -0.351 e. The molecule has 0 aliphatic carbocycles. The molecule has 0 spiro atoms. The highest BCUT2D eigenvalue weighted by Gasteiger charge is 2.22. The molecule has 0 aromatic heterocycles. The molecular formula is C16H23FN2O. The minimum atomic E-state index is -0.253. The van der Waals surface area contributed by atoms with Crippen molar-refractivity contribution >= 4 is 5.91 Å². The first-order valence-electron chi connectivity index (χ1n) is 7.26. The summed E-state index contributed by atoms with van der Waals surface area (Å²) >= 11 is 0. The maximum Gasteiger partial charge on any atom is 0.234 e. The van der Waals surface area contributed by atoms with Crippen molar-refractivity contribution in [2.24, 2.45) is 11.8 Å². The number of likely N-dealkylation sites (tertiary alicyclic amines) is 1. The standard InChI is InChI=1S/C16H23FN2O/c1-12-7-13(2)10-19(9-12)11-16(20)18-8-14-3-5-15(17)6-4-14/h3-6,12-13H,7-11H2,1-2H3,(H,18,20)/t12-,13-/m1/s1. The summed E-state index contributed by atoms with van der Waals surface area (Å²) in [6.07, 6.45) is 1.24. The smallest absolute Gasteiger partial charge is 0.234 e. The SMILES string of the molecule is C[C@@H]1C[C@@H](C)CN(CC(=O)NCc2ccc(F)cc2)C1. The van der Waals surface area contributed by atoms with Crippen LogP contribution in [0.5, 0.6) is 0 Å². The lowest BCUT2D eigenvalue weighted by molar-refractivity contribution is -0.123. The Hall–Kier alpha value is -1.42. The molecule has 0 saturated carbocycles. The van der Waals surface area contributed by atoms with E-state index in [9.17, 15) is 9.18 Å². The van der Waals surface area contributed by atoms with E-state index in [2.05, 4.69) is 24.1 Å². The lowest BCUT2D eigenvalue weighted by Gasteiger charge is -2.34. The van der Waals surface area contributed by atoms with Crippen molar-refractivity contribution in [1.29, 1.82) is 0 Å². The van der Waals surface area contributed by atoms with E-state index < -0.39 is 0 Å². The Morgan fingerprint density at radius 1 is 1.25 bits per heavy atom. The van der Waals surface area contributed by atoms with Crippen LogP contribution in [0.4, 0.5) is 4.39 Å². The molecule has 0 bridgehead atoms. The topological polar surface area (TPSA) is 32.3 Å². The van der Waals surface area contributed by atoms with E-state index in [1.54, 1.807) is 12.1 Å². The number of rotatable bonds is 4. The van der Waals surface area contributed by atoms with E-state index in [1.807, 2.05) is 0 Å². The van der Waals surface area contributed by atoms with Gasteiger partial charge in [0.2, 0.25) is 5.91 Å². The predicted molar refractivity (Wildman–Crippen MR) is 77.6 cm³/mol. The van der Waals surface area contributed by atoms with Crippen LogP contribution >= 0.6 is 0 Å². The van der Waals surface area contributed by atoms with Crippen LogP contribution < -0.4 is 5.32 Å². The number of halogens is 1. The molecule has 4 heteroatoms. The summed E-state index contributed by atoms with van der Waals surface area (Å²) in [5, 5.41) is 2.89. The monoisotopic (exact) mass is 278 g/mol. The number of benzene rings is 1. The van der Waals surface area contributed by atoms with E-state index in [-0.39, 0.29) is 11.7 Å². The van der Waals surface area contributed by atoms with Crippen molar-refractivity contribution in [3.05, 3.63) is 35.6 Å². The van der Waals surface area contributed by atoms with Gasteiger partial charge in [-0.2, -0.15) is 0 Å². The maximum atomic E-state index is 12.8. The van der Waals surface area contributed by atoms with Crippen LogP contribution in [0.25, 0.3) is 0 Å². The molecule has 1 aromatic rings. The van der Waals surface area contributed by atoms with E-state index in [0.717, 1.165) is 18.7 Å². The summed E-state index contributed by atoms with van der Waals surface area (Å²) in [5.74, 6) is 1.10. The van der Waals surface area contributed by atoms with Crippen LogP contribution in [0, 0.1) is 17.7 Å². The largest absolute Gasteiger partial charge is 0.351 e. The number of nitrogens with one attached hydrogen (secondary N) is 1. The van der Waals surface area contributed by atoms with Crippen molar-refractivity contribution in [3.8, 4) is 0 Å². The summed E-state index contributed by atoms with van der Waals surface area (Å²) in [6, 6.07) is 6.21. The molecule has 1 aliphatic rings. The Balaban J connectivity index is 1.76. The second kappa shape index (κ2) is 6.84. The zero-order valence-electron chi connectivity index (χ0n) is 12.2. The van der Waals surface area contributed by atoms with Gasteiger partial charge in [-0.05, 0) is 36.0 Å². The first-order valence-corrected chi connectivity index (χ1v) is 7.26. The van der Waals surface area contributed by atoms with Crippen molar-refractivity contribution < 1.29 is 9.18 Å². The van der Waals surface area contributed by atoms with Gasteiger partial charge in [0, 0.05) is 19.6 Å². The zero-order valence-corrected chi connectivity index (χ0v) is 12.2. The fourth-order valence-corrected chi connectivity index (χ4v) is 2.98. The average Bonchev–Trinajstić information content (AvgIpc) is 2.37. The summed E-state index contributed by atoms with van der Waals surface area (Å²) in [6.45, 7) is 7.37. The molecule has 2 atom stereocenters. The highest BCUT2D eigenvalue weighted by molar-refractivity contribution is 5.78. The van der Waals surface area contributed by atoms with Gasteiger partial charge in [-0.3, -0.25) is 9.69 Å². The van der Waals surface area contributed by atoms with Gasteiger partial charge in [-0.1, -0.05) is 26.0 Å². The molecule has 1 aliphatic heterocycles. The fourth-order valence-electron chi connectivity index (χ4n) is 2.98. The van der Waals surface area contributed by atoms with Crippen LogP contribution in [-0.4, -0.2) is 30.4 Å². The number of hydrogen-bond donors (Lipinski definition) is 1. The van der Waals surface area contributed by atoms with E-state index in [0.29, 0.717) is 24.9 Å². The second-order valence-electron chi connectivity index (χ2n) is 6.04. The summed E-state index contributed by atoms with van der Waals surface area (Å²) < 4.78 is 12.8. The number of piperidine rings is 1. The summed E-state index contributed by atoms with van der Waals surface area (Å²) in [7, 11) is 0. The molecule has 1 N–H and O–H groups in total. The van der Waals surface area contributed by atoms with Gasteiger partial charge in [0.25, 0.3) is 0 Å². The molecule has 2 rings (SSSR count). The maximum absolute atomic E-state index is 12.8. The van der Waals surface area contributed by atoms with Crippen LogP contribution in [0.2, 0.25) is 0 Å². The van der Waals surface area contributed by atoms with Gasteiger partial charge < -0.3 is 5.32 Å².